The van der Waals surface area contributed by atoms with Gasteiger partial charge in [-0.1, -0.05) is 0 Å². The second-order valence-corrected chi connectivity index (χ2v) is 4.26. The number of hydrogen-bond acceptors (Lipinski definition) is 2. The number of alkyl halides is 4. The highest BCUT2D eigenvalue weighted by Crippen LogP contribution is 2.28. The minimum absolute atomic E-state index is 0.167. The monoisotopic (exact) mass is 364 g/mol. The largest absolute Gasteiger partial charge is 0.573 e. The Morgan fingerprint density at radius 2 is 2.06 bits per heavy atom. The van der Waals surface area contributed by atoms with Gasteiger partial charge in [0.05, 0.1) is 11.4 Å². The fourth-order valence-corrected chi connectivity index (χ4v) is 1.64. The van der Waals surface area contributed by atoms with Gasteiger partial charge in [-0.2, -0.15) is 0 Å². The Balaban J connectivity index is 3.13. The Bertz CT molecular complexity index is 406. The zero-order valence-corrected chi connectivity index (χ0v) is 10.6. The van der Waals surface area contributed by atoms with Crippen LogP contribution < -0.4 is 4.74 Å². The molecule has 0 aromatic heterocycles. The summed E-state index contributed by atoms with van der Waals surface area (Å²) in [6.07, 6.45) is -4.83. The summed E-state index contributed by atoms with van der Waals surface area (Å²) in [6.45, 7) is 0. The first-order chi connectivity index (χ1) is 7.33. The van der Waals surface area contributed by atoms with Crippen LogP contribution in [0.1, 0.15) is 10.4 Å². The summed E-state index contributed by atoms with van der Waals surface area (Å²) in [5.41, 5.74) is -0.167. The van der Waals surface area contributed by atoms with Crippen molar-refractivity contribution in [2.24, 2.45) is 0 Å². The summed E-state index contributed by atoms with van der Waals surface area (Å²) < 4.78 is 40.4. The maximum Gasteiger partial charge on any atom is 0.573 e. The Labute approximate surface area is 108 Å². The van der Waals surface area contributed by atoms with Crippen LogP contribution in [0.2, 0.25) is 0 Å². The Morgan fingerprint density at radius 1 is 1.44 bits per heavy atom. The smallest absolute Gasteiger partial charge is 0.405 e. The number of ether oxygens (including phenoxy) is 1. The average molecular weight is 364 g/mol. The van der Waals surface area contributed by atoms with Crippen molar-refractivity contribution in [3.63, 3.8) is 0 Å². The number of carbonyl (C=O) groups is 1. The van der Waals surface area contributed by atoms with Crippen molar-refractivity contribution in [2.75, 3.05) is 5.88 Å². The van der Waals surface area contributed by atoms with Crippen LogP contribution in [-0.4, -0.2) is 18.0 Å². The van der Waals surface area contributed by atoms with Crippen molar-refractivity contribution in [3.8, 4) is 5.75 Å². The van der Waals surface area contributed by atoms with Crippen LogP contribution in [0.3, 0.4) is 0 Å². The van der Waals surface area contributed by atoms with E-state index in [-0.39, 0.29) is 5.56 Å². The highest BCUT2D eigenvalue weighted by atomic mass is 127. The molecule has 0 bridgehead atoms. The van der Waals surface area contributed by atoms with Crippen LogP contribution in [0.4, 0.5) is 13.2 Å². The van der Waals surface area contributed by atoms with E-state index in [4.69, 9.17) is 11.6 Å². The molecule has 2 nitrogen and oxygen atoms in total. The van der Waals surface area contributed by atoms with Crippen LogP contribution >= 0.6 is 34.2 Å². The minimum Gasteiger partial charge on any atom is -0.405 e. The molecule has 0 saturated carbocycles. The molecule has 0 radical (unpaired) electrons. The van der Waals surface area contributed by atoms with Crippen molar-refractivity contribution in [3.05, 3.63) is 27.3 Å². The number of halogens is 5. The second-order valence-electron chi connectivity index (χ2n) is 2.75. The van der Waals surface area contributed by atoms with Crippen LogP contribution in [0, 0.1) is 3.57 Å². The first-order valence-electron chi connectivity index (χ1n) is 3.98. The number of ketones is 1. The molecule has 0 N–H and O–H groups in total. The molecule has 0 atom stereocenters. The Hall–Kier alpha value is -0.500. The normalized spacial score (nSPS) is 11.3. The van der Waals surface area contributed by atoms with E-state index in [0.717, 1.165) is 6.07 Å². The van der Waals surface area contributed by atoms with Crippen LogP contribution in [0.15, 0.2) is 18.2 Å². The van der Waals surface area contributed by atoms with Gasteiger partial charge in [-0.15, -0.1) is 24.8 Å². The number of Topliss-reactive ketones (excluding diaryl/α,β-unsaturated/α-hetero) is 1. The molecule has 0 aliphatic carbocycles. The van der Waals surface area contributed by atoms with Crippen LogP contribution in [0.25, 0.3) is 0 Å². The summed E-state index contributed by atoms with van der Waals surface area (Å²) in [7, 11) is 0. The lowest BCUT2D eigenvalue weighted by Crippen LogP contribution is -2.19. The maximum atomic E-state index is 12.0. The highest BCUT2D eigenvalue weighted by molar-refractivity contribution is 14.1. The third-order valence-electron chi connectivity index (χ3n) is 1.59. The standard InChI is InChI=1S/C9H5ClF3IO2/c10-4-7(15)6-3-5(14)1-2-8(6)16-9(11,12)13/h1-3H,4H2. The van der Waals surface area contributed by atoms with Gasteiger partial charge in [0.15, 0.2) is 5.78 Å². The quantitative estimate of drug-likeness (QED) is 0.465. The lowest BCUT2D eigenvalue weighted by molar-refractivity contribution is -0.274. The van der Waals surface area contributed by atoms with Crippen molar-refractivity contribution in [1.82, 2.24) is 0 Å². The molecular weight excluding hydrogens is 359 g/mol. The number of hydrogen-bond donors (Lipinski definition) is 0. The van der Waals surface area contributed by atoms with Crippen molar-refractivity contribution < 1.29 is 22.7 Å². The highest BCUT2D eigenvalue weighted by Gasteiger charge is 2.32. The molecule has 0 unspecified atom stereocenters. The molecule has 7 heteroatoms. The number of rotatable bonds is 3. The van der Waals surface area contributed by atoms with E-state index in [2.05, 4.69) is 4.74 Å². The minimum atomic E-state index is -4.83. The fraction of sp³-hybridized carbons (Fsp3) is 0.222. The van der Waals surface area contributed by atoms with E-state index >= 15 is 0 Å². The fourth-order valence-electron chi connectivity index (χ4n) is 1.01. The van der Waals surface area contributed by atoms with Gasteiger partial charge in [-0.25, -0.2) is 0 Å². The summed E-state index contributed by atoms with van der Waals surface area (Å²) in [4.78, 5) is 11.3. The molecule has 0 heterocycles. The van der Waals surface area contributed by atoms with Crippen molar-refractivity contribution in [2.45, 2.75) is 6.36 Å². The molecule has 0 amide bonds. The van der Waals surface area contributed by atoms with Gasteiger partial charge in [0, 0.05) is 3.57 Å². The zero-order chi connectivity index (χ0) is 12.3. The molecule has 1 aromatic rings. The lowest BCUT2D eigenvalue weighted by atomic mass is 10.1. The molecule has 0 aliphatic rings. The first-order valence-corrected chi connectivity index (χ1v) is 5.59. The SMILES string of the molecule is O=C(CCl)c1cc(I)ccc1OC(F)(F)F. The number of carbonyl (C=O) groups excluding carboxylic acids is 1. The Kier molecular flexibility index (Phi) is 4.43. The van der Waals surface area contributed by atoms with Crippen molar-refractivity contribution >= 4 is 40.0 Å². The van der Waals surface area contributed by atoms with E-state index < -0.39 is 23.8 Å². The number of benzene rings is 1. The molecule has 0 saturated heterocycles. The van der Waals surface area contributed by atoms with Gasteiger partial charge in [0.25, 0.3) is 0 Å². The average Bonchev–Trinajstić information content (AvgIpc) is 2.17. The predicted molar refractivity (Wildman–Crippen MR) is 60.9 cm³/mol. The molecule has 88 valence electrons. The van der Waals surface area contributed by atoms with Gasteiger partial charge in [-0.3, -0.25) is 4.79 Å². The van der Waals surface area contributed by atoms with Crippen LogP contribution in [-0.2, 0) is 0 Å². The van der Waals surface area contributed by atoms with E-state index in [0.29, 0.717) is 3.57 Å². The van der Waals surface area contributed by atoms with E-state index in [1.807, 2.05) is 22.6 Å². The third-order valence-corrected chi connectivity index (χ3v) is 2.50. The molecule has 0 fully saturated rings. The van der Waals surface area contributed by atoms with Crippen LogP contribution in [0.5, 0.6) is 5.75 Å². The summed E-state index contributed by atoms with van der Waals surface area (Å²) in [5, 5.41) is 0. The van der Waals surface area contributed by atoms with Gasteiger partial charge in [0.1, 0.15) is 5.75 Å². The Morgan fingerprint density at radius 3 is 2.56 bits per heavy atom. The van der Waals surface area contributed by atoms with Gasteiger partial charge in [0.2, 0.25) is 0 Å². The van der Waals surface area contributed by atoms with Crippen molar-refractivity contribution in [1.29, 1.82) is 0 Å². The zero-order valence-electron chi connectivity index (χ0n) is 7.65. The summed E-state index contributed by atoms with van der Waals surface area (Å²) >= 11 is 7.17. The molecule has 0 spiro atoms. The molecule has 16 heavy (non-hydrogen) atoms. The van der Waals surface area contributed by atoms with E-state index in [1.54, 1.807) is 0 Å². The molecule has 1 rings (SSSR count). The molecular formula is C9H5ClF3IO2. The molecule has 0 aliphatic heterocycles. The topological polar surface area (TPSA) is 26.3 Å². The van der Waals surface area contributed by atoms with E-state index in [1.165, 1.54) is 12.1 Å². The second kappa shape index (κ2) is 5.22. The van der Waals surface area contributed by atoms with Gasteiger partial charge in [-0.05, 0) is 40.8 Å². The summed E-state index contributed by atoms with van der Waals surface area (Å²) in [5.74, 6) is -1.54. The van der Waals surface area contributed by atoms with Gasteiger partial charge < -0.3 is 4.74 Å². The maximum absolute atomic E-state index is 12.0. The summed E-state index contributed by atoms with van der Waals surface area (Å²) in [6, 6.07) is 3.80. The predicted octanol–water partition coefficient (Wildman–Crippen LogP) is 3.61. The lowest BCUT2D eigenvalue weighted by Gasteiger charge is -2.12. The van der Waals surface area contributed by atoms with E-state index in [9.17, 15) is 18.0 Å². The molecule has 1 aromatic carbocycles. The van der Waals surface area contributed by atoms with Gasteiger partial charge >= 0.3 is 6.36 Å². The first kappa shape index (κ1) is 13.6. The third kappa shape index (κ3) is 3.82.